The fourth-order valence-electron chi connectivity index (χ4n) is 0.867. The molecule has 0 aliphatic heterocycles. The van der Waals surface area contributed by atoms with Crippen LogP contribution in [0.2, 0.25) is 0 Å². The van der Waals surface area contributed by atoms with Gasteiger partial charge in [0.15, 0.2) is 0 Å². The van der Waals surface area contributed by atoms with E-state index >= 15 is 0 Å². The van der Waals surface area contributed by atoms with E-state index in [0.29, 0.717) is 6.54 Å². The second-order valence-electron chi connectivity index (χ2n) is 2.19. The van der Waals surface area contributed by atoms with E-state index in [1.54, 1.807) is 0 Å². The molecular formula is C8H10N2O. The first-order valence-corrected chi connectivity index (χ1v) is 3.33. The number of nitrogens with two attached hydrogens (primary N) is 1. The standard InChI is InChI=1S/C8H10N2O/c9-5-7-2-1-3-8(4-7)6-10-11/h1-4,6,11H,5,9H2/b10-6+. The van der Waals surface area contributed by atoms with Crippen LogP contribution in [-0.4, -0.2) is 11.4 Å². The van der Waals surface area contributed by atoms with Crippen LogP contribution in [0.4, 0.5) is 0 Å². The molecule has 3 heteroatoms. The van der Waals surface area contributed by atoms with E-state index in [9.17, 15) is 0 Å². The van der Waals surface area contributed by atoms with Gasteiger partial charge in [-0.15, -0.1) is 0 Å². The van der Waals surface area contributed by atoms with Gasteiger partial charge in [-0.25, -0.2) is 0 Å². The summed E-state index contributed by atoms with van der Waals surface area (Å²) in [7, 11) is 0. The molecule has 3 nitrogen and oxygen atoms in total. The number of hydrogen-bond acceptors (Lipinski definition) is 3. The van der Waals surface area contributed by atoms with Crippen LogP contribution in [0.3, 0.4) is 0 Å². The minimum atomic E-state index is 0.507. The summed E-state index contributed by atoms with van der Waals surface area (Å²) in [6, 6.07) is 7.52. The molecule has 0 bridgehead atoms. The Hall–Kier alpha value is -1.35. The maximum atomic E-state index is 8.22. The van der Waals surface area contributed by atoms with Gasteiger partial charge in [0.2, 0.25) is 0 Å². The Labute approximate surface area is 65.1 Å². The lowest BCUT2D eigenvalue weighted by atomic mass is 10.1. The molecule has 3 N–H and O–H groups in total. The van der Waals surface area contributed by atoms with Gasteiger partial charge in [-0.1, -0.05) is 23.4 Å². The second-order valence-corrected chi connectivity index (χ2v) is 2.19. The molecule has 0 radical (unpaired) electrons. The first-order chi connectivity index (χ1) is 5.36. The zero-order valence-corrected chi connectivity index (χ0v) is 6.07. The molecule has 0 aliphatic rings. The van der Waals surface area contributed by atoms with E-state index in [1.165, 1.54) is 6.21 Å². The normalized spacial score (nSPS) is 10.6. The topological polar surface area (TPSA) is 58.6 Å². The molecule has 0 unspecified atom stereocenters. The van der Waals surface area contributed by atoms with Gasteiger partial charge in [-0.05, 0) is 17.2 Å². The zero-order chi connectivity index (χ0) is 8.10. The van der Waals surface area contributed by atoms with Crippen molar-refractivity contribution >= 4 is 6.21 Å². The highest BCUT2D eigenvalue weighted by Gasteiger charge is 1.89. The summed E-state index contributed by atoms with van der Waals surface area (Å²) in [4.78, 5) is 0. The monoisotopic (exact) mass is 150 g/mol. The second kappa shape index (κ2) is 3.73. The maximum absolute atomic E-state index is 8.22. The molecule has 11 heavy (non-hydrogen) atoms. The highest BCUT2D eigenvalue weighted by Crippen LogP contribution is 2.01. The van der Waals surface area contributed by atoms with Gasteiger partial charge in [-0.3, -0.25) is 0 Å². The third kappa shape index (κ3) is 2.05. The Bertz CT molecular complexity index is 258. The van der Waals surface area contributed by atoms with Crippen molar-refractivity contribution in [3.63, 3.8) is 0 Å². The quantitative estimate of drug-likeness (QED) is 0.374. The number of hydrogen-bond donors (Lipinski definition) is 2. The Morgan fingerprint density at radius 2 is 2.36 bits per heavy atom. The summed E-state index contributed by atoms with van der Waals surface area (Å²) in [5, 5.41) is 11.1. The van der Waals surface area contributed by atoms with Gasteiger partial charge in [-0.2, -0.15) is 0 Å². The average molecular weight is 150 g/mol. The molecule has 0 aliphatic carbocycles. The van der Waals surface area contributed by atoms with Crippen LogP contribution in [0.1, 0.15) is 11.1 Å². The largest absolute Gasteiger partial charge is 0.411 e. The summed E-state index contributed by atoms with van der Waals surface area (Å²) in [5.74, 6) is 0. The van der Waals surface area contributed by atoms with Gasteiger partial charge in [0.25, 0.3) is 0 Å². The molecule has 0 amide bonds. The number of nitrogens with zero attached hydrogens (tertiary/aromatic N) is 1. The molecule has 0 saturated heterocycles. The Morgan fingerprint density at radius 1 is 1.55 bits per heavy atom. The van der Waals surface area contributed by atoms with Gasteiger partial charge in [0.1, 0.15) is 0 Å². The van der Waals surface area contributed by atoms with Crippen LogP contribution < -0.4 is 5.73 Å². The average Bonchev–Trinajstić information content (AvgIpc) is 2.06. The maximum Gasteiger partial charge on any atom is 0.0733 e. The minimum absolute atomic E-state index is 0.507. The fraction of sp³-hybridized carbons (Fsp3) is 0.125. The van der Waals surface area contributed by atoms with Crippen LogP contribution >= 0.6 is 0 Å². The molecule has 0 fully saturated rings. The van der Waals surface area contributed by atoms with E-state index in [4.69, 9.17) is 10.9 Å². The summed E-state index contributed by atoms with van der Waals surface area (Å²) in [6.07, 6.45) is 1.37. The summed E-state index contributed by atoms with van der Waals surface area (Å²) >= 11 is 0. The van der Waals surface area contributed by atoms with Crippen LogP contribution in [0, 0.1) is 0 Å². The molecule has 1 aromatic rings. The lowest BCUT2D eigenvalue weighted by molar-refractivity contribution is 0.322. The zero-order valence-electron chi connectivity index (χ0n) is 6.07. The predicted octanol–water partition coefficient (Wildman–Crippen LogP) is 0.953. The molecule has 0 heterocycles. The highest BCUT2D eigenvalue weighted by molar-refractivity contribution is 5.79. The number of benzene rings is 1. The smallest absolute Gasteiger partial charge is 0.0733 e. The summed E-state index contributed by atoms with van der Waals surface area (Å²) in [6.45, 7) is 0.507. The van der Waals surface area contributed by atoms with Gasteiger partial charge in [0.05, 0.1) is 6.21 Å². The minimum Gasteiger partial charge on any atom is -0.411 e. The summed E-state index contributed by atoms with van der Waals surface area (Å²) in [5.41, 5.74) is 7.29. The first kappa shape index (κ1) is 7.75. The molecule has 1 rings (SSSR count). The molecular weight excluding hydrogens is 140 g/mol. The van der Waals surface area contributed by atoms with Crippen molar-refractivity contribution in [2.45, 2.75) is 6.54 Å². The van der Waals surface area contributed by atoms with Crippen LogP contribution in [0.5, 0.6) is 0 Å². The van der Waals surface area contributed by atoms with E-state index in [-0.39, 0.29) is 0 Å². The number of rotatable bonds is 2. The van der Waals surface area contributed by atoms with E-state index in [2.05, 4.69) is 5.16 Å². The molecule has 58 valence electrons. The van der Waals surface area contributed by atoms with Crippen molar-refractivity contribution in [3.8, 4) is 0 Å². The van der Waals surface area contributed by atoms with Gasteiger partial charge in [0, 0.05) is 6.54 Å². The molecule has 0 saturated carbocycles. The van der Waals surface area contributed by atoms with Crippen molar-refractivity contribution in [1.29, 1.82) is 0 Å². The fourth-order valence-corrected chi connectivity index (χ4v) is 0.867. The van der Waals surface area contributed by atoms with E-state index in [0.717, 1.165) is 11.1 Å². The van der Waals surface area contributed by atoms with Gasteiger partial charge >= 0.3 is 0 Å². The lowest BCUT2D eigenvalue weighted by Gasteiger charge is -1.96. The van der Waals surface area contributed by atoms with Crippen LogP contribution in [0.25, 0.3) is 0 Å². The highest BCUT2D eigenvalue weighted by atomic mass is 16.4. The van der Waals surface area contributed by atoms with Crippen molar-refractivity contribution in [2.24, 2.45) is 10.9 Å². The number of oxime groups is 1. The third-order valence-corrected chi connectivity index (χ3v) is 1.39. The van der Waals surface area contributed by atoms with Crippen LogP contribution in [0.15, 0.2) is 29.4 Å². The SMILES string of the molecule is NCc1cccc(/C=N/O)c1. The van der Waals surface area contributed by atoms with Crippen molar-refractivity contribution in [2.75, 3.05) is 0 Å². The van der Waals surface area contributed by atoms with Crippen LogP contribution in [-0.2, 0) is 6.54 Å². The third-order valence-electron chi connectivity index (χ3n) is 1.39. The molecule has 0 spiro atoms. The molecule has 0 atom stereocenters. The summed E-state index contributed by atoms with van der Waals surface area (Å²) < 4.78 is 0. The Balaban J connectivity index is 2.91. The van der Waals surface area contributed by atoms with E-state index < -0.39 is 0 Å². The lowest BCUT2D eigenvalue weighted by Crippen LogP contribution is -1.96. The van der Waals surface area contributed by atoms with Crippen molar-refractivity contribution in [1.82, 2.24) is 0 Å². The predicted molar refractivity (Wildman–Crippen MR) is 43.7 cm³/mol. The first-order valence-electron chi connectivity index (χ1n) is 3.33. The molecule has 0 aromatic heterocycles. The van der Waals surface area contributed by atoms with Gasteiger partial charge < -0.3 is 10.9 Å². The van der Waals surface area contributed by atoms with Crippen molar-refractivity contribution < 1.29 is 5.21 Å². The Morgan fingerprint density at radius 3 is 3.00 bits per heavy atom. The molecule has 1 aromatic carbocycles. The Kier molecular flexibility index (Phi) is 2.63. The van der Waals surface area contributed by atoms with Crippen molar-refractivity contribution in [3.05, 3.63) is 35.4 Å². The van der Waals surface area contributed by atoms with E-state index in [1.807, 2.05) is 24.3 Å².